The maximum absolute atomic E-state index is 13.6. The number of rotatable bonds is 9. The second-order valence-corrected chi connectivity index (χ2v) is 9.82. The van der Waals surface area contributed by atoms with Gasteiger partial charge < -0.3 is 29.4 Å². The summed E-state index contributed by atoms with van der Waals surface area (Å²) in [5, 5.41) is 2.94. The minimum Gasteiger partial charge on any atom is -0.461 e. The van der Waals surface area contributed by atoms with Crippen molar-refractivity contribution in [2.24, 2.45) is 5.41 Å². The highest BCUT2D eigenvalue weighted by Crippen LogP contribution is 2.35. The van der Waals surface area contributed by atoms with Crippen molar-refractivity contribution in [1.82, 2.24) is 30.2 Å². The Morgan fingerprint density at radius 1 is 1.22 bits per heavy atom. The fourth-order valence-electron chi connectivity index (χ4n) is 3.76. The van der Waals surface area contributed by atoms with Gasteiger partial charge in [0.25, 0.3) is 0 Å². The van der Waals surface area contributed by atoms with Crippen LogP contribution in [-0.2, 0) is 14.3 Å². The van der Waals surface area contributed by atoms with Crippen molar-refractivity contribution in [2.45, 2.75) is 33.2 Å². The predicted molar refractivity (Wildman–Crippen MR) is 135 cm³/mol. The zero-order chi connectivity index (χ0) is 26.6. The number of imidazole rings is 1. The Kier molecular flexibility index (Phi) is 8.16. The molecule has 10 nitrogen and oxygen atoms in total. The van der Waals surface area contributed by atoms with Crippen LogP contribution in [0.2, 0.25) is 0 Å². The van der Waals surface area contributed by atoms with Gasteiger partial charge in [-0.25, -0.2) is 14.4 Å². The molecule has 3 heterocycles. The van der Waals surface area contributed by atoms with E-state index in [1.54, 1.807) is 24.4 Å². The number of carbonyl (C=O) groups is 1. The number of ether oxygens (including phenoxy) is 3. The first-order valence-corrected chi connectivity index (χ1v) is 12.2. The number of amides is 1. The van der Waals surface area contributed by atoms with Crippen LogP contribution in [0.3, 0.4) is 0 Å². The molecule has 0 atom stereocenters. The first kappa shape index (κ1) is 26.6. The van der Waals surface area contributed by atoms with Gasteiger partial charge in [-0.2, -0.15) is 4.98 Å². The standard InChI is InChI=1S/C26H33FN6O4/c1-16(2)37-25-29-11-10-19(30-25)21-20(17-6-8-18(27)9-7-17)31-22(32-21)23-35-14-26(3,15-36-23)24(34)28-12-13-33(4)5/h6-11,16,23H,12-15H2,1-5H3,(H,28,34)(H,31,32). The Hall–Kier alpha value is -3.41. The largest absolute Gasteiger partial charge is 0.461 e. The third-order valence-corrected chi connectivity index (χ3v) is 5.79. The van der Waals surface area contributed by atoms with E-state index in [0.717, 1.165) is 6.54 Å². The van der Waals surface area contributed by atoms with Gasteiger partial charge in [-0.15, -0.1) is 0 Å². The van der Waals surface area contributed by atoms with Crippen molar-refractivity contribution in [3.8, 4) is 28.7 Å². The van der Waals surface area contributed by atoms with E-state index in [2.05, 4.69) is 20.3 Å². The van der Waals surface area contributed by atoms with E-state index in [9.17, 15) is 9.18 Å². The average Bonchev–Trinajstić information content (AvgIpc) is 3.30. The van der Waals surface area contributed by atoms with Crippen LogP contribution in [-0.4, -0.2) is 77.2 Å². The molecule has 0 saturated carbocycles. The van der Waals surface area contributed by atoms with Crippen LogP contribution < -0.4 is 10.1 Å². The lowest BCUT2D eigenvalue weighted by Crippen LogP contribution is -2.49. The van der Waals surface area contributed by atoms with Crippen LogP contribution in [0.4, 0.5) is 4.39 Å². The minimum atomic E-state index is -0.826. The zero-order valence-corrected chi connectivity index (χ0v) is 21.7. The summed E-state index contributed by atoms with van der Waals surface area (Å²) in [5.41, 5.74) is 1.54. The number of benzene rings is 1. The van der Waals surface area contributed by atoms with Gasteiger partial charge in [-0.3, -0.25) is 4.79 Å². The number of aromatic amines is 1. The number of likely N-dealkylation sites (N-methyl/N-ethyl adjacent to an activating group) is 1. The zero-order valence-electron chi connectivity index (χ0n) is 21.7. The highest BCUT2D eigenvalue weighted by Gasteiger charge is 2.40. The Morgan fingerprint density at radius 2 is 1.92 bits per heavy atom. The second kappa shape index (κ2) is 11.3. The lowest BCUT2D eigenvalue weighted by molar-refractivity contribution is -0.231. The molecule has 37 heavy (non-hydrogen) atoms. The molecule has 1 saturated heterocycles. The number of nitrogens with one attached hydrogen (secondary N) is 2. The van der Waals surface area contributed by atoms with Crippen molar-refractivity contribution in [3.05, 3.63) is 48.2 Å². The number of aromatic nitrogens is 4. The number of halogens is 1. The Labute approximate surface area is 215 Å². The topological polar surface area (TPSA) is 114 Å². The van der Waals surface area contributed by atoms with Gasteiger partial charge in [0.2, 0.25) is 12.2 Å². The van der Waals surface area contributed by atoms with Gasteiger partial charge in [0.05, 0.1) is 41.8 Å². The van der Waals surface area contributed by atoms with Crippen molar-refractivity contribution in [3.63, 3.8) is 0 Å². The number of carbonyl (C=O) groups excluding carboxylic acids is 1. The van der Waals surface area contributed by atoms with E-state index in [1.807, 2.05) is 39.8 Å². The molecule has 1 fully saturated rings. The van der Waals surface area contributed by atoms with E-state index >= 15 is 0 Å². The quantitative estimate of drug-likeness (QED) is 0.449. The fraction of sp³-hybridized carbons (Fsp3) is 0.462. The van der Waals surface area contributed by atoms with Crippen LogP contribution >= 0.6 is 0 Å². The summed E-state index contributed by atoms with van der Waals surface area (Å²) in [4.78, 5) is 31.4. The SMILES string of the molecule is CC(C)Oc1nccc(-c2[nH]c(C3OCC(C)(C(=O)NCCN(C)C)CO3)nc2-c2ccc(F)cc2)n1. The second-order valence-electron chi connectivity index (χ2n) is 9.82. The Balaban J connectivity index is 1.58. The summed E-state index contributed by atoms with van der Waals surface area (Å²) in [5.74, 6) is -0.0641. The minimum absolute atomic E-state index is 0.0948. The van der Waals surface area contributed by atoms with E-state index in [4.69, 9.17) is 19.2 Å². The molecule has 2 aromatic heterocycles. The summed E-state index contributed by atoms with van der Waals surface area (Å²) >= 11 is 0. The summed E-state index contributed by atoms with van der Waals surface area (Å²) in [6, 6.07) is 7.99. The third-order valence-electron chi connectivity index (χ3n) is 5.79. The number of hydrogen-bond donors (Lipinski definition) is 2. The van der Waals surface area contributed by atoms with Gasteiger partial charge in [0.1, 0.15) is 5.82 Å². The molecular formula is C26H33FN6O4. The number of H-pyrrole nitrogens is 1. The molecular weight excluding hydrogens is 479 g/mol. The molecule has 198 valence electrons. The first-order chi connectivity index (χ1) is 17.6. The smallest absolute Gasteiger partial charge is 0.317 e. The highest BCUT2D eigenvalue weighted by atomic mass is 19.1. The molecule has 1 amide bonds. The van der Waals surface area contributed by atoms with Crippen LogP contribution in [0.25, 0.3) is 22.6 Å². The molecule has 1 aliphatic heterocycles. The molecule has 0 bridgehead atoms. The van der Waals surface area contributed by atoms with Gasteiger partial charge in [0.15, 0.2) is 5.82 Å². The van der Waals surface area contributed by atoms with Crippen LogP contribution in [0.1, 0.15) is 32.9 Å². The van der Waals surface area contributed by atoms with Crippen molar-refractivity contribution >= 4 is 5.91 Å². The van der Waals surface area contributed by atoms with E-state index in [-0.39, 0.29) is 37.1 Å². The molecule has 11 heteroatoms. The molecule has 4 rings (SSSR count). The predicted octanol–water partition coefficient (Wildman–Crippen LogP) is 3.19. The average molecular weight is 513 g/mol. The molecule has 3 aromatic rings. The van der Waals surface area contributed by atoms with E-state index in [0.29, 0.717) is 35.0 Å². The van der Waals surface area contributed by atoms with Crippen LogP contribution in [0, 0.1) is 11.2 Å². The van der Waals surface area contributed by atoms with Crippen molar-refractivity contribution in [1.29, 1.82) is 0 Å². The van der Waals surface area contributed by atoms with Crippen molar-refractivity contribution < 1.29 is 23.4 Å². The van der Waals surface area contributed by atoms with E-state index < -0.39 is 11.7 Å². The summed E-state index contributed by atoms with van der Waals surface area (Å²) in [7, 11) is 3.89. The first-order valence-electron chi connectivity index (χ1n) is 12.2. The number of nitrogens with zero attached hydrogens (tertiary/aromatic N) is 4. The van der Waals surface area contributed by atoms with Crippen LogP contribution in [0.15, 0.2) is 36.5 Å². The molecule has 0 radical (unpaired) electrons. The molecule has 2 N–H and O–H groups in total. The number of hydrogen-bond acceptors (Lipinski definition) is 8. The lowest BCUT2D eigenvalue weighted by Gasteiger charge is -2.35. The van der Waals surface area contributed by atoms with Gasteiger partial charge in [-0.05, 0) is 65.2 Å². The lowest BCUT2D eigenvalue weighted by atomic mass is 9.91. The monoisotopic (exact) mass is 512 g/mol. The molecule has 0 spiro atoms. The summed E-state index contributed by atoms with van der Waals surface area (Å²) < 4.78 is 31.2. The molecule has 1 aromatic carbocycles. The Bertz CT molecular complexity index is 1210. The van der Waals surface area contributed by atoms with Gasteiger partial charge in [0, 0.05) is 24.8 Å². The Morgan fingerprint density at radius 3 is 2.57 bits per heavy atom. The highest BCUT2D eigenvalue weighted by molar-refractivity contribution is 5.82. The maximum atomic E-state index is 13.6. The van der Waals surface area contributed by atoms with Crippen molar-refractivity contribution in [2.75, 3.05) is 40.4 Å². The van der Waals surface area contributed by atoms with Crippen LogP contribution in [0.5, 0.6) is 6.01 Å². The normalized spacial score (nSPS) is 19.8. The fourth-order valence-corrected chi connectivity index (χ4v) is 3.76. The molecule has 0 aliphatic carbocycles. The maximum Gasteiger partial charge on any atom is 0.317 e. The van der Waals surface area contributed by atoms with E-state index in [1.165, 1.54) is 12.1 Å². The van der Waals surface area contributed by atoms with Gasteiger partial charge >= 0.3 is 6.01 Å². The molecule has 1 aliphatic rings. The molecule has 0 unspecified atom stereocenters. The third kappa shape index (κ3) is 6.48. The summed E-state index contributed by atoms with van der Waals surface area (Å²) in [6.07, 6.45) is 0.689. The summed E-state index contributed by atoms with van der Waals surface area (Å²) in [6.45, 7) is 7.18. The van der Waals surface area contributed by atoms with Gasteiger partial charge in [-0.1, -0.05) is 0 Å².